The summed E-state index contributed by atoms with van der Waals surface area (Å²) in [6.07, 6.45) is 0. The Morgan fingerprint density at radius 2 is 1.65 bits per heavy atom. The molecule has 1 heterocycles. The van der Waals surface area contributed by atoms with Crippen molar-refractivity contribution in [2.75, 3.05) is 11.5 Å². The second-order valence-corrected chi connectivity index (χ2v) is 3.96. The summed E-state index contributed by atoms with van der Waals surface area (Å²) in [6.45, 7) is 0. The van der Waals surface area contributed by atoms with Gasteiger partial charge in [-0.1, -0.05) is 29.3 Å². The third kappa shape index (κ3) is 2.32. The van der Waals surface area contributed by atoms with Crippen LogP contribution in [0.1, 0.15) is 0 Å². The maximum Gasteiger partial charge on any atom is 0.175 e. The second-order valence-electron chi connectivity index (χ2n) is 3.14. The van der Waals surface area contributed by atoms with Crippen molar-refractivity contribution in [3.63, 3.8) is 0 Å². The van der Waals surface area contributed by atoms with E-state index in [4.69, 9.17) is 34.7 Å². The van der Waals surface area contributed by atoms with E-state index in [1.54, 1.807) is 18.2 Å². The normalized spacial score (nSPS) is 11.2. The van der Waals surface area contributed by atoms with Crippen LogP contribution in [0.4, 0.5) is 23.0 Å². The lowest BCUT2D eigenvalue weighted by Crippen LogP contribution is -1.84. The Bertz CT molecular complexity index is 537. The molecule has 0 unspecified atom stereocenters. The minimum Gasteiger partial charge on any atom is -0.382 e. The van der Waals surface area contributed by atoms with Crippen LogP contribution in [0.2, 0.25) is 10.0 Å². The Balaban J connectivity index is 2.39. The van der Waals surface area contributed by atoms with Crippen LogP contribution in [-0.2, 0) is 0 Å². The van der Waals surface area contributed by atoms with Gasteiger partial charge in [0.2, 0.25) is 0 Å². The van der Waals surface area contributed by atoms with Gasteiger partial charge in [-0.3, -0.25) is 5.10 Å². The van der Waals surface area contributed by atoms with E-state index in [1.165, 1.54) is 0 Å². The van der Waals surface area contributed by atoms with Crippen molar-refractivity contribution in [2.24, 2.45) is 10.2 Å². The Labute approximate surface area is 107 Å². The Morgan fingerprint density at radius 1 is 1.06 bits per heavy atom. The summed E-state index contributed by atoms with van der Waals surface area (Å²) in [5.74, 6) is 0.392. The van der Waals surface area contributed by atoms with E-state index in [9.17, 15) is 0 Å². The number of nitrogens with two attached hydrogens (primary N) is 2. The van der Waals surface area contributed by atoms with Crippen molar-refractivity contribution in [1.29, 1.82) is 0 Å². The largest absolute Gasteiger partial charge is 0.382 e. The van der Waals surface area contributed by atoms with E-state index in [2.05, 4.69) is 20.4 Å². The number of benzene rings is 1. The Morgan fingerprint density at radius 3 is 2.18 bits per heavy atom. The highest BCUT2D eigenvalue weighted by atomic mass is 35.5. The average molecular weight is 271 g/mol. The molecule has 0 atom stereocenters. The highest BCUT2D eigenvalue weighted by Gasteiger charge is 2.08. The van der Waals surface area contributed by atoms with Crippen molar-refractivity contribution in [1.82, 2.24) is 10.2 Å². The lowest BCUT2D eigenvalue weighted by molar-refractivity contribution is 1.11. The van der Waals surface area contributed by atoms with Gasteiger partial charge in [0, 0.05) is 0 Å². The smallest absolute Gasteiger partial charge is 0.175 e. The zero-order valence-corrected chi connectivity index (χ0v) is 10.00. The van der Waals surface area contributed by atoms with E-state index in [-0.39, 0.29) is 17.3 Å². The fourth-order valence-electron chi connectivity index (χ4n) is 1.15. The van der Waals surface area contributed by atoms with Crippen LogP contribution >= 0.6 is 23.2 Å². The molecule has 0 saturated carbocycles. The molecule has 6 nitrogen and oxygen atoms in total. The lowest BCUT2D eigenvalue weighted by Gasteiger charge is -1.98. The molecule has 0 radical (unpaired) electrons. The Hall–Kier alpha value is -1.79. The minimum atomic E-state index is 0.162. The van der Waals surface area contributed by atoms with Gasteiger partial charge in [0.1, 0.15) is 11.5 Å². The molecule has 0 saturated heterocycles. The molecule has 0 aliphatic heterocycles. The van der Waals surface area contributed by atoms with Crippen molar-refractivity contribution in [3.8, 4) is 0 Å². The molecule has 2 rings (SSSR count). The van der Waals surface area contributed by atoms with Gasteiger partial charge in [-0.2, -0.15) is 5.10 Å². The van der Waals surface area contributed by atoms with Gasteiger partial charge < -0.3 is 11.5 Å². The number of H-pyrrole nitrogens is 1. The molecule has 5 N–H and O–H groups in total. The highest BCUT2D eigenvalue weighted by Crippen LogP contribution is 2.35. The van der Waals surface area contributed by atoms with Crippen molar-refractivity contribution >= 4 is 46.2 Å². The molecule has 0 aliphatic rings. The van der Waals surface area contributed by atoms with Crippen LogP contribution in [-0.4, -0.2) is 10.2 Å². The topological polar surface area (TPSA) is 105 Å². The van der Waals surface area contributed by atoms with Crippen LogP contribution in [0.25, 0.3) is 0 Å². The van der Waals surface area contributed by atoms with Crippen LogP contribution < -0.4 is 11.5 Å². The SMILES string of the molecule is Nc1n[nH]c(N)c1N=Nc1c(Cl)cccc1Cl. The number of rotatable bonds is 2. The monoisotopic (exact) mass is 270 g/mol. The predicted octanol–water partition coefficient (Wildman–Crippen LogP) is 3.30. The van der Waals surface area contributed by atoms with Crippen LogP contribution in [0.15, 0.2) is 28.4 Å². The maximum atomic E-state index is 5.93. The number of aromatic nitrogens is 2. The molecule has 0 fully saturated rings. The summed E-state index contributed by atoms with van der Waals surface area (Å²) >= 11 is 11.9. The van der Waals surface area contributed by atoms with E-state index in [0.717, 1.165) is 0 Å². The summed E-state index contributed by atoms with van der Waals surface area (Å²) in [6, 6.07) is 5.03. The number of aromatic amines is 1. The number of nitrogens with one attached hydrogen (secondary N) is 1. The van der Waals surface area contributed by atoms with Crippen LogP contribution in [0.3, 0.4) is 0 Å². The summed E-state index contributed by atoms with van der Waals surface area (Å²) < 4.78 is 0. The summed E-state index contributed by atoms with van der Waals surface area (Å²) in [7, 11) is 0. The first-order valence-electron chi connectivity index (χ1n) is 4.54. The quantitative estimate of drug-likeness (QED) is 0.729. The van der Waals surface area contributed by atoms with Crippen molar-refractivity contribution in [2.45, 2.75) is 0 Å². The molecule has 1 aromatic heterocycles. The standard InChI is InChI=1S/C9H8Cl2N6/c10-4-2-1-3-5(11)6(4)14-15-7-8(12)16-17-9(7)13/h1-3H,(H5,12,13,16,17). The first-order valence-corrected chi connectivity index (χ1v) is 5.30. The number of nitrogens with zero attached hydrogens (tertiary/aromatic N) is 3. The maximum absolute atomic E-state index is 5.93. The minimum absolute atomic E-state index is 0.162. The van der Waals surface area contributed by atoms with Gasteiger partial charge in [0.25, 0.3) is 0 Å². The van der Waals surface area contributed by atoms with Gasteiger partial charge in [0.05, 0.1) is 10.0 Å². The molecule has 8 heteroatoms. The van der Waals surface area contributed by atoms with Crippen molar-refractivity contribution in [3.05, 3.63) is 28.2 Å². The first kappa shape index (κ1) is 11.7. The van der Waals surface area contributed by atoms with E-state index < -0.39 is 0 Å². The number of azo groups is 1. The van der Waals surface area contributed by atoms with Gasteiger partial charge in [0.15, 0.2) is 11.5 Å². The molecular weight excluding hydrogens is 263 g/mol. The number of nitrogen functional groups attached to an aromatic ring is 2. The van der Waals surface area contributed by atoms with Crippen LogP contribution in [0, 0.1) is 0 Å². The highest BCUT2D eigenvalue weighted by molar-refractivity contribution is 6.38. The molecule has 2 aromatic rings. The molecule has 0 aliphatic carbocycles. The third-order valence-electron chi connectivity index (χ3n) is 1.98. The van der Waals surface area contributed by atoms with Gasteiger partial charge >= 0.3 is 0 Å². The van der Waals surface area contributed by atoms with E-state index >= 15 is 0 Å². The molecular formula is C9H8Cl2N6. The number of hydrogen-bond acceptors (Lipinski definition) is 5. The molecule has 17 heavy (non-hydrogen) atoms. The Kier molecular flexibility index (Phi) is 3.16. The van der Waals surface area contributed by atoms with Gasteiger partial charge in [-0.25, -0.2) is 0 Å². The molecule has 0 bridgehead atoms. The number of anilines is 2. The molecule has 88 valence electrons. The first-order chi connectivity index (χ1) is 8.09. The fourth-order valence-corrected chi connectivity index (χ4v) is 1.63. The van der Waals surface area contributed by atoms with Crippen LogP contribution in [0.5, 0.6) is 0 Å². The zero-order valence-electron chi connectivity index (χ0n) is 8.48. The van der Waals surface area contributed by atoms with Crippen molar-refractivity contribution < 1.29 is 0 Å². The zero-order chi connectivity index (χ0) is 12.4. The lowest BCUT2D eigenvalue weighted by atomic mass is 10.3. The summed E-state index contributed by atoms with van der Waals surface area (Å²) in [4.78, 5) is 0. The summed E-state index contributed by atoms with van der Waals surface area (Å²) in [5.41, 5.74) is 11.7. The van der Waals surface area contributed by atoms with Gasteiger partial charge in [-0.15, -0.1) is 10.2 Å². The number of halogens is 2. The molecule has 0 spiro atoms. The third-order valence-corrected chi connectivity index (χ3v) is 2.59. The van der Waals surface area contributed by atoms with Gasteiger partial charge in [-0.05, 0) is 12.1 Å². The second kappa shape index (κ2) is 4.60. The molecule has 0 amide bonds. The predicted molar refractivity (Wildman–Crippen MR) is 68.1 cm³/mol. The summed E-state index contributed by atoms with van der Waals surface area (Å²) in [5, 5.41) is 14.7. The van der Waals surface area contributed by atoms with E-state index in [1.807, 2.05) is 0 Å². The van der Waals surface area contributed by atoms with E-state index in [0.29, 0.717) is 15.7 Å². The average Bonchev–Trinajstić information content (AvgIpc) is 2.59. The fraction of sp³-hybridized carbons (Fsp3) is 0. The molecule has 1 aromatic carbocycles. The number of hydrogen-bond donors (Lipinski definition) is 3.